The van der Waals surface area contributed by atoms with Crippen molar-refractivity contribution in [3.05, 3.63) is 22.8 Å². The Hall–Kier alpha value is -1.79. The van der Waals surface area contributed by atoms with Crippen LogP contribution >= 0.6 is 0 Å². The fraction of sp³-hybridized carbons (Fsp3) is 0.462. The van der Waals surface area contributed by atoms with Gasteiger partial charge in [0, 0.05) is 12.6 Å². The summed E-state index contributed by atoms with van der Waals surface area (Å²) in [6.45, 7) is 3.84. The van der Waals surface area contributed by atoms with E-state index in [1.165, 1.54) is 0 Å². The number of carbonyl (C=O) groups is 1. The average molecular weight is 267 g/mol. The first kappa shape index (κ1) is 15.3. The molecule has 0 saturated heterocycles. The van der Waals surface area contributed by atoms with E-state index in [0.29, 0.717) is 17.1 Å². The van der Waals surface area contributed by atoms with E-state index in [0.717, 1.165) is 11.1 Å². The van der Waals surface area contributed by atoms with Gasteiger partial charge in [0.25, 0.3) is 5.91 Å². The van der Waals surface area contributed by atoms with E-state index < -0.39 is 6.04 Å². The molecule has 0 fully saturated rings. The van der Waals surface area contributed by atoms with Gasteiger partial charge < -0.3 is 15.2 Å². The maximum Gasteiger partial charge on any atom is 0.255 e. The molecule has 19 heavy (non-hydrogen) atoms. The van der Waals surface area contributed by atoms with Crippen molar-refractivity contribution in [1.29, 1.82) is 0 Å². The van der Waals surface area contributed by atoms with Crippen molar-refractivity contribution >= 4 is 5.91 Å². The smallest absolute Gasteiger partial charge is 0.255 e. The second-order valence-corrected chi connectivity index (χ2v) is 4.17. The van der Waals surface area contributed by atoms with Crippen molar-refractivity contribution in [2.75, 3.05) is 21.3 Å². The maximum absolute atomic E-state index is 11.8. The second-order valence-electron chi connectivity index (χ2n) is 4.17. The van der Waals surface area contributed by atoms with E-state index in [2.05, 4.69) is 10.9 Å². The molecule has 1 rings (SSSR count). The first-order valence-corrected chi connectivity index (χ1v) is 5.92. The minimum atomic E-state index is -0.837. The van der Waals surface area contributed by atoms with Gasteiger partial charge in [0.1, 0.15) is 17.5 Å². The molecule has 0 saturated carbocycles. The van der Waals surface area contributed by atoms with E-state index >= 15 is 0 Å². The van der Waals surface area contributed by atoms with Crippen LogP contribution in [0, 0.1) is 13.8 Å². The summed E-state index contributed by atoms with van der Waals surface area (Å²) in [5, 5.41) is 0. The molecule has 106 valence electrons. The molecule has 0 aliphatic rings. The van der Waals surface area contributed by atoms with Crippen molar-refractivity contribution < 1.29 is 14.3 Å². The molecule has 4 N–H and O–H groups in total. The highest BCUT2D eigenvalue weighted by Gasteiger charge is 2.23. The van der Waals surface area contributed by atoms with E-state index in [1.54, 1.807) is 27.3 Å². The van der Waals surface area contributed by atoms with E-state index in [9.17, 15) is 4.79 Å². The molecule has 1 aromatic carbocycles. The predicted molar refractivity (Wildman–Crippen MR) is 73.2 cm³/mol. The Morgan fingerprint density at radius 3 is 2.37 bits per heavy atom. The van der Waals surface area contributed by atoms with Crippen LogP contribution in [0.15, 0.2) is 6.07 Å². The molecule has 0 radical (unpaired) electrons. The lowest BCUT2D eigenvalue weighted by Gasteiger charge is -2.20. The molecule has 0 bridgehead atoms. The van der Waals surface area contributed by atoms with E-state index in [1.807, 2.05) is 13.8 Å². The third-order valence-electron chi connectivity index (χ3n) is 3.11. The summed E-state index contributed by atoms with van der Waals surface area (Å²) in [6, 6.07) is 0.900. The van der Waals surface area contributed by atoms with Gasteiger partial charge in [-0.2, -0.15) is 0 Å². The van der Waals surface area contributed by atoms with Crippen molar-refractivity contribution in [2.24, 2.45) is 5.73 Å². The van der Waals surface area contributed by atoms with Crippen LogP contribution in [0.1, 0.15) is 22.7 Å². The van der Waals surface area contributed by atoms with Crippen LogP contribution in [0.4, 0.5) is 0 Å². The van der Waals surface area contributed by atoms with Gasteiger partial charge in [0.15, 0.2) is 0 Å². The molecule has 6 heteroatoms. The van der Waals surface area contributed by atoms with Crippen LogP contribution in [0.5, 0.6) is 11.5 Å². The number of amides is 1. The number of nitrogens with one attached hydrogen (secondary N) is 2. The molecule has 0 heterocycles. The van der Waals surface area contributed by atoms with Gasteiger partial charge in [-0.15, -0.1) is 0 Å². The molecule has 1 aromatic rings. The Morgan fingerprint density at radius 2 is 1.89 bits per heavy atom. The quantitative estimate of drug-likeness (QED) is 0.679. The summed E-state index contributed by atoms with van der Waals surface area (Å²) in [5.41, 5.74) is 13.4. The number of benzene rings is 1. The molecule has 0 aromatic heterocycles. The second kappa shape index (κ2) is 6.40. The molecular formula is C13H21N3O3. The summed E-state index contributed by atoms with van der Waals surface area (Å²) in [5.74, 6) is 0.948. The zero-order chi connectivity index (χ0) is 14.6. The number of hydrogen-bond donors (Lipinski definition) is 3. The zero-order valence-corrected chi connectivity index (χ0v) is 12.0. The van der Waals surface area contributed by atoms with Crippen molar-refractivity contribution in [2.45, 2.75) is 19.9 Å². The van der Waals surface area contributed by atoms with Gasteiger partial charge in [0.05, 0.1) is 14.2 Å². The summed E-state index contributed by atoms with van der Waals surface area (Å²) in [6.07, 6.45) is 0. The molecule has 1 unspecified atom stereocenters. The van der Waals surface area contributed by atoms with Gasteiger partial charge in [-0.3, -0.25) is 10.2 Å². The van der Waals surface area contributed by atoms with Crippen LogP contribution in [-0.2, 0) is 4.79 Å². The summed E-state index contributed by atoms with van der Waals surface area (Å²) < 4.78 is 10.7. The Balaban J connectivity index is 3.33. The monoisotopic (exact) mass is 267 g/mol. The first-order valence-electron chi connectivity index (χ1n) is 5.92. The highest BCUT2D eigenvalue weighted by Crippen LogP contribution is 2.35. The standard InChI is InChI=1S/C13H21N3O3/c1-7-8(2)12(19-5)9(6-10(7)18-4)11(14)13(17)16-15-3/h6,11,15H,14H2,1-5H3,(H,16,17). The lowest BCUT2D eigenvalue weighted by molar-refractivity contribution is -0.123. The number of methoxy groups -OCH3 is 2. The lowest BCUT2D eigenvalue weighted by atomic mass is 9.98. The molecule has 6 nitrogen and oxygen atoms in total. The molecule has 0 aliphatic carbocycles. The van der Waals surface area contributed by atoms with Crippen LogP contribution in [0.2, 0.25) is 0 Å². The zero-order valence-electron chi connectivity index (χ0n) is 12.0. The average Bonchev–Trinajstić information content (AvgIpc) is 2.41. The van der Waals surface area contributed by atoms with Crippen LogP contribution in [0.25, 0.3) is 0 Å². The number of hydrazine groups is 1. The van der Waals surface area contributed by atoms with Crippen molar-refractivity contribution in [3.8, 4) is 11.5 Å². The number of nitrogens with two attached hydrogens (primary N) is 1. The van der Waals surface area contributed by atoms with Crippen LogP contribution in [-0.4, -0.2) is 27.2 Å². The third kappa shape index (κ3) is 2.97. The molecule has 0 spiro atoms. The number of rotatable bonds is 5. The number of hydrogen-bond acceptors (Lipinski definition) is 5. The van der Waals surface area contributed by atoms with Gasteiger partial charge in [-0.05, 0) is 31.0 Å². The van der Waals surface area contributed by atoms with Gasteiger partial charge in [-0.1, -0.05) is 0 Å². The molecular weight excluding hydrogens is 246 g/mol. The topological polar surface area (TPSA) is 85.6 Å². The third-order valence-corrected chi connectivity index (χ3v) is 3.11. The van der Waals surface area contributed by atoms with Crippen LogP contribution in [0.3, 0.4) is 0 Å². The molecule has 0 aliphatic heterocycles. The Kier molecular flexibility index (Phi) is 5.14. The van der Waals surface area contributed by atoms with Gasteiger partial charge >= 0.3 is 0 Å². The van der Waals surface area contributed by atoms with Crippen molar-refractivity contribution in [1.82, 2.24) is 10.9 Å². The SMILES string of the molecule is CNNC(=O)C(N)c1cc(OC)c(C)c(C)c1OC. The predicted octanol–water partition coefficient (Wildman–Crippen LogP) is 0.571. The Bertz CT molecular complexity index is 475. The van der Waals surface area contributed by atoms with E-state index in [-0.39, 0.29) is 5.91 Å². The summed E-state index contributed by atoms with van der Waals surface area (Å²) in [7, 11) is 4.74. The largest absolute Gasteiger partial charge is 0.496 e. The first-order chi connectivity index (χ1) is 8.97. The van der Waals surface area contributed by atoms with Crippen molar-refractivity contribution in [3.63, 3.8) is 0 Å². The molecule has 1 amide bonds. The summed E-state index contributed by atoms with van der Waals surface area (Å²) in [4.78, 5) is 11.8. The maximum atomic E-state index is 11.8. The highest BCUT2D eigenvalue weighted by molar-refractivity contribution is 5.83. The minimum Gasteiger partial charge on any atom is -0.496 e. The van der Waals surface area contributed by atoms with Gasteiger partial charge in [0.2, 0.25) is 0 Å². The fourth-order valence-electron chi connectivity index (χ4n) is 1.94. The minimum absolute atomic E-state index is 0.342. The molecule has 1 atom stereocenters. The van der Waals surface area contributed by atoms with Crippen LogP contribution < -0.4 is 26.1 Å². The number of ether oxygens (including phenoxy) is 2. The Labute approximate surface area is 113 Å². The number of carbonyl (C=O) groups excluding carboxylic acids is 1. The van der Waals surface area contributed by atoms with Gasteiger partial charge in [-0.25, -0.2) is 5.43 Å². The van der Waals surface area contributed by atoms with E-state index in [4.69, 9.17) is 15.2 Å². The fourth-order valence-corrected chi connectivity index (χ4v) is 1.94. The normalized spacial score (nSPS) is 11.9. The highest BCUT2D eigenvalue weighted by atomic mass is 16.5. The Morgan fingerprint density at radius 1 is 1.26 bits per heavy atom. The summed E-state index contributed by atoms with van der Waals surface area (Å²) >= 11 is 0. The lowest BCUT2D eigenvalue weighted by Crippen LogP contribution is -2.41.